The molecule has 2 aromatic rings. The third-order valence-corrected chi connectivity index (χ3v) is 2.91. The smallest absolute Gasteiger partial charge is 0.219 e. The zero-order chi connectivity index (χ0) is 13.8. The van der Waals surface area contributed by atoms with Crippen molar-refractivity contribution in [3.05, 3.63) is 59.9 Å². The fraction of sp³-hybridized carbons (Fsp3) is 0.133. The Morgan fingerprint density at radius 1 is 1.11 bits per heavy atom. The molecule has 0 saturated heterocycles. The summed E-state index contributed by atoms with van der Waals surface area (Å²) in [6.45, 7) is 0. The third kappa shape index (κ3) is 3.39. The van der Waals surface area contributed by atoms with E-state index in [2.05, 4.69) is 0 Å². The molecule has 0 heterocycles. The summed E-state index contributed by atoms with van der Waals surface area (Å²) >= 11 is 0. The van der Waals surface area contributed by atoms with Crippen LogP contribution in [0.5, 0.6) is 0 Å². The molecule has 0 radical (unpaired) electrons. The van der Waals surface area contributed by atoms with Gasteiger partial charge in [0, 0.05) is 12.5 Å². The van der Waals surface area contributed by atoms with Crippen LogP contribution < -0.4 is 11.5 Å². The number of hydrogen-bond acceptors (Lipinski definition) is 2. The van der Waals surface area contributed by atoms with E-state index in [0.29, 0.717) is 0 Å². The largest absolute Gasteiger partial charge is 0.370 e. The maximum absolute atomic E-state index is 12.9. The molecular formula is C15H15FN2O. The molecule has 4 heteroatoms. The number of nitrogens with two attached hydrogens (primary N) is 2. The molecule has 2 rings (SSSR count). The van der Waals surface area contributed by atoms with E-state index in [0.717, 1.165) is 16.7 Å². The van der Waals surface area contributed by atoms with Crippen molar-refractivity contribution in [2.45, 2.75) is 12.5 Å². The van der Waals surface area contributed by atoms with Gasteiger partial charge < -0.3 is 11.5 Å². The number of halogens is 1. The van der Waals surface area contributed by atoms with Gasteiger partial charge in [0.05, 0.1) is 0 Å². The van der Waals surface area contributed by atoms with Crippen LogP contribution in [-0.2, 0) is 4.79 Å². The molecule has 4 N–H and O–H groups in total. The molecule has 98 valence electrons. The van der Waals surface area contributed by atoms with Crippen LogP contribution in [0.1, 0.15) is 18.0 Å². The van der Waals surface area contributed by atoms with Crippen LogP contribution in [0.4, 0.5) is 4.39 Å². The van der Waals surface area contributed by atoms with E-state index >= 15 is 0 Å². The number of carbonyl (C=O) groups excluding carboxylic acids is 1. The van der Waals surface area contributed by atoms with Gasteiger partial charge in [0.25, 0.3) is 0 Å². The van der Waals surface area contributed by atoms with Crippen molar-refractivity contribution in [3.8, 4) is 11.1 Å². The van der Waals surface area contributed by atoms with Gasteiger partial charge >= 0.3 is 0 Å². The lowest BCUT2D eigenvalue weighted by atomic mass is 9.98. The highest BCUT2D eigenvalue weighted by Gasteiger charge is 2.10. The third-order valence-electron chi connectivity index (χ3n) is 2.91. The topological polar surface area (TPSA) is 69.1 Å². The van der Waals surface area contributed by atoms with Gasteiger partial charge in [-0.3, -0.25) is 4.79 Å². The Bertz CT molecular complexity index is 581. The molecular weight excluding hydrogens is 243 g/mol. The first kappa shape index (κ1) is 13.2. The van der Waals surface area contributed by atoms with Crippen molar-refractivity contribution in [2.24, 2.45) is 11.5 Å². The number of rotatable bonds is 4. The molecule has 0 aliphatic carbocycles. The lowest BCUT2D eigenvalue weighted by Gasteiger charge is -2.11. The lowest BCUT2D eigenvalue weighted by Crippen LogP contribution is -2.20. The monoisotopic (exact) mass is 258 g/mol. The van der Waals surface area contributed by atoms with Gasteiger partial charge in [-0.05, 0) is 34.9 Å². The Kier molecular flexibility index (Phi) is 3.92. The van der Waals surface area contributed by atoms with Gasteiger partial charge in [-0.2, -0.15) is 0 Å². The van der Waals surface area contributed by atoms with Crippen LogP contribution in [0.15, 0.2) is 48.5 Å². The van der Waals surface area contributed by atoms with Crippen molar-refractivity contribution in [2.75, 3.05) is 0 Å². The summed E-state index contributed by atoms with van der Waals surface area (Å²) in [7, 11) is 0. The molecule has 1 amide bonds. The molecule has 0 aliphatic heterocycles. The number of primary amides is 1. The first-order valence-electron chi connectivity index (χ1n) is 5.96. The maximum atomic E-state index is 12.9. The van der Waals surface area contributed by atoms with Gasteiger partial charge in [-0.1, -0.05) is 30.3 Å². The predicted octanol–water partition coefficient (Wildman–Crippen LogP) is 2.37. The van der Waals surface area contributed by atoms with E-state index in [1.165, 1.54) is 12.1 Å². The summed E-state index contributed by atoms with van der Waals surface area (Å²) in [5.74, 6) is -0.704. The highest BCUT2D eigenvalue weighted by Crippen LogP contribution is 2.23. The second-order valence-electron chi connectivity index (χ2n) is 4.41. The van der Waals surface area contributed by atoms with Gasteiger partial charge in [-0.25, -0.2) is 4.39 Å². The van der Waals surface area contributed by atoms with Crippen LogP contribution >= 0.6 is 0 Å². The van der Waals surface area contributed by atoms with Crippen LogP contribution in [-0.4, -0.2) is 5.91 Å². The van der Waals surface area contributed by atoms with E-state index in [4.69, 9.17) is 11.5 Å². The van der Waals surface area contributed by atoms with Gasteiger partial charge in [0.2, 0.25) is 5.91 Å². The molecule has 1 unspecified atom stereocenters. The number of benzene rings is 2. The Morgan fingerprint density at radius 2 is 1.79 bits per heavy atom. The summed E-state index contributed by atoms with van der Waals surface area (Å²) in [5, 5.41) is 0. The predicted molar refractivity (Wildman–Crippen MR) is 72.6 cm³/mol. The highest BCUT2D eigenvalue weighted by atomic mass is 19.1. The second-order valence-corrected chi connectivity index (χ2v) is 4.41. The summed E-state index contributed by atoms with van der Waals surface area (Å²) in [6, 6.07) is 13.3. The van der Waals surface area contributed by atoms with E-state index in [9.17, 15) is 9.18 Å². The highest BCUT2D eigenvalue weighted by molar-refractivity contribution is 5.75. The van der Waals surface area contributed by atoms with Gasteiger partial charge in [0.1, 0.15) is 5.82 Å². The van der Waals surface area contributed by atoms with Gasteiger partial charge in [-0.15, -0.1) is 0 Å². The first-order chi connectivity index (χ1) is 9.06. The average molecular weight is 258 g/mol. The number of hydrogen-bond donors (Lipinski definition) is 2. The van der Waals surface area contributed by atoms with Crippen LogP contribution in [0, 0.1) is 5.82 Å². The number of amides is 1. The summed E-state index contributed by atoms with van der Waals surface area (Å²) in [5.41, 5.74) is 13.7. The molecule has 0 aliphatic rings. The zero-order valence-corrected chi connectivity index (χ0v) is 10.3. The number of carbonyl (C=O) groups is 1. The summed E-state index contributed by atoms with van der Waals surface area (Å²) in [4.78, 5) is 10.9. The Balaban J connectivity index is 2.28. The van der Waals surface area contributed by atoms with Crippen LogP contribution in [0.2, 0.25) is 0 Å². The van der Waals surface area contributed by atoms with Crippen molar-refractivity contribution in [1.82, 2.24) is 0 Å². The van der Waals surface area contributed by atoms with E-state index < -0.39 is 11.9 Å². The molecule has 0 saturated carbocycles. The standard InChI is InChI=1S/C15H15FN2O/c16-13-6-4-10(5-7-13)11-2-1-3-12(8-11)14(17)9-15(18)19/h1-8,14H,9,17H2,(H2,18,19). The zero-order valence-electron chi connectivity index (χ0n) is 10.3. The minimum atomic E-state index is -0.431. The first-order valence-corrected chi connectivity index (χ1v) is 5.96. The average Bonchev–Trinajstić information content (AvgIpc) is 2.39. The molecule has 0 fully saturated rings. The molecule has 19 heavy (non-hydrogen) atoms. The van der Waals surface area contributed by atoms with Gasteiger partial charge in [0.15, 0.2) is 0 Å². The van der Waals surface area contributed by atoms with Crippen molar-refractivity contribution in [3.63, 3.8) is 0 Å². The molecule has 0 aromatic heterocycles. The SMILES string of the molecule is NC(=O)CC(N)c1cccc(-c2ccc(F)cc2)c1. The Labute approximate surface area is 111 Å². The minimum Gasteiger partial charge on any atom is -0.370 e. The fourth-order valence-corrected chi connectivity index (χ4v) is 1.93. The Morgan fingerprint density at radius 3 is 2.42 bits per heavy atom. The quantitative estimate of drug-likeness (QED) is 0.884. The Hall–Kier alpha value is -2.20. The summed E-state index contributed by atoms with van der Waals surface area (Å²) in [6.07, 6.45) is 0.104. The van der Waals surface area contributed by atoms with Crippen molar-refractivity contribution < 1.29 is 9.18 Å². The normalized spacial score (nSPS) is 12.1. The minimum absolute atomic E-state index is 0.104. The van der Waals surface area contributed by atoms with Crippen LogP contribution in [0.3, 0.4) is 0 Å². The second kappa shape index (κ2) is 5.63. The molecule has 1 atom stereocenters. The summed E-state index contributed by atoms with van der Waals surface area (Å²) < 4.78 is 12.9. The molecule has 0 bridgehead atoms. The fourth-order valence-electron chi connectivity index (χ4n) is 1.93. The lowest BCUT2D eigenvalue weighted by molar-refractivity contribution is -0.118. The van der Waals surface area contributed by atoms with E-state index in [1.54, 1.807) is 12.1 Å². The van der Waals surface area contributed by atoms with E-state index in [1.807, 2.05) is 24.3 Å². The van der Waals surface area contributed by atoms with Crippen molar-refractivity contribution >= 4 is 5.91 Å². The maximum Gasteiger partial charge on any atom is 0.219 e. The molecule has 2 aromatic carbocycles. The van der Waals surface area contributed by atoms with Crippen molar-refractivity contribution in [1.29, 1.82) is 0 Å². The molecule has 0 spiro atoms. The van der Waals surface area contributed by atoms with Crippen LogP contribution in [0.25, 0.3) is 11.1 Å². The molecule has 3 nitrogen and oxygen atoms in total. The van der Waals surface area contributed by atoms with E-state index in [-0.39, 0.29) is 12.2 Å².